The van der Waals surface area contributed by atoms with E-state index in [-0.39, 0.29) is 0 Å². The molecule has 1 aromatic rings. The maximum Gasteiger partial charge on any atom is 0.122 e. The molecular weight excluding hydrogens is 128 g/mol. The minimum Gasteiger partial charge on any atom is -0.384 e. The van der Waals surface area contributed by atoms with E-state index in [4.69, 9.17) is 5.73 Å². The monoisotopic (exact) mass is 138 g/mol. The molecule has 0 saturated heterocycles. The van der Waals surface area contributed by atoms with Gasteiger partial charge in [-0.05, 0) is 19.9 Å². The third kappa shape index (κ3) is 1.15. The highest BCUT2D eigenvalue weighted by molar-refractivity contribution is 5.37. The highest BCUT2D eigenvalue weighted by Crippen LogP contribution is 1.94. The zero-order chi connectivity index (χ0) is 7.56. The SMILES string of the molecule is CC=C(N)n1cc(C)nn1. The summed E-state index contributed by atoms with van der Waals surface area (Å²) < 4.78 is 1.54. The Kier molecular flexibility index (Phi) is 1.71. The normalized spacial score (nSPS) is 12.0. The van der Waals surface area contributed by atoms with Gasteiger partial charge in [-0.1, -0.05) is 5.21 Å². The number of allylic oxidation sites excluding steroid dienone is 1. The van der Waals surface area contributed by atoms with Gasteiger partial charge in [0.15, 0.2) is 0 Å². The summed E-state index contributed by atoms with van der Waals surface area (Å²) in [5.41, 5.74) is 6.39. The van der Waals surface area contributed by atoms with Crippen molar-refractivity contribution in [3.05, 3.63) is 18.0 Å². The molecule has 0 spiro atoms. The van der Waals surface area contributed by atoms with E-state index in [9.17, 15) is 0 Å². The fourth-order valence-electron chi connectivity index (χ4n) is 0.606. The molecule has 0 fully saturated rings. The number of nitrogens with two attached hydrogens (primary N) is 1. The van der Waals surface area contributed by atoms with Gasteiger partial charge in [0.25, 0.3) is 0 Å². The van der Waals surface area contributed by atoms with Crippen LogP contribution < -0.4 is 5.73 Å². The number of hydrogen-bond donors (Lipinski definition) is 1. The second-order valence-electron chi connectivity index (χ2n) is 2.02. The molecule has 0 aliphatic rings. The second kappa shape index (κ2) is 2.51. The van der Waals surface area contributed by atoms with Gasteiger partial charge < -0.3 is 5.73 Å². The first-order valence-electron chi connectivity index (χ1n) is 3.05. The van der Waals surface area contributed by atoms with Crippen LogP contribution in [0.15, 0.2) is 12.3 Å². The van der Waals surface area contributed by atoms with Gasteiger partial charge >= 0.3 is 0 Å². The summed E-state index contributed by atoms with van der Waals surface area (Å²) in [6.07, 6.45) is 3.55. The average Bonchev–Trinajstić information content (AvgIpc) is 2.34. The topological polar surface area (TPSA) is 56.7 Å². The molecule has 0 amide bonds. The number of hydrogen-bond acceptors (Lipinski definition) is 3. The third-order valence-corrected chi connectivity index (χ3v) is 1.17. The van der Waals surface area contributed by atoms with Gasteiger partial charge in [0, 0.05) is 0 Å². The summed E-state index contributed by atoms with van der Waals surface area (Å²) in [6.45, 7) is 3.72. The molecule has 4 heteroatoms. The van der Waals surface area contributed by atoms with Gasteiger partial charge in [0.2, 0.25) is 0 Å². The van der Waals surface area contributed by atoms with Crippen molar-refractivity contribution in [2.24, 2.45) is 5.73 Å². The second-order valence-corrected chi connectivity index (χ2v) is 2.02. The molecule has 10 heavy (non-hydrogen) atoms. The Morgan fingerprint density at radius 1 is 1.80 bits per heavy atom. The molecule has 4 nitrogen and oxygen atoms in total. The summed E-state index contributed by atoms with van der Waals surface area (Å²) >= 11 is 0. The Hall–Kier alpha value is -1.32. The van der Waals surface area contributed by atoms with Gasteiger partial charge in [-0.3, -0.25) is 0 Å². The van der Waals surface area contributed by atoms with Crippen LogP contribution in [0, 0.1) is 6.92 Å². The van der Waals surface area contributed by atoms with Crippen LogP contribution in [-0.2, 0) is 0 Å². The fraction of sp³-hybridized carbons (Fsp3) is 0.333. The standard InChI is InChI=1S/C6H10N4/c1-3-6(7)10-4-5(2)8-9-10/h3-4H,7H2,1-2H3. The van der Waals surface area contributed by atoms with Gasteiger partial charge in [-0.15, -0.1) is 5.10 Å². The summed E-state index contributed by atoms with van der Waals surface area (Å²) in [5.74, 6) is 0.598. The van der Waals surface area contributed by atoms with Crippen LogP contribution >= 0.6 is 0 Å². The highest BCUT2D eigenvalue weighted by atomic mass is 15.4. The Labute approximate surface area is 59.3 Å². The van der Waals surface area contributed by atoms with E-state index in [0.29, 0.717) is 5.82 Å². The number of aromatic nitrogens is 3. The van der Waals surface area contributed by atoms with E-state index < -0.39 is 0 Å². The van der Waals surface area contributed by atoms with Gasteiger partial charge in [0.05, 0.1) is 11.9 Å². The summed E-state index contributed by atoms with van der Waals surface area (Å²) in [5, 5.41) is 7.54. The minimum atomic E-state index is 0.598. The molecule has 0 unspecified atom stereocenters. The van der Waals surface area contributed by atoms with E-state index in [1.54, 1.807) is 12.3 Å². The Balaban J connectivity index is 2.95. The molecule has 0 aliphatic carbocycles. The Morgan fingerprint density at radius 3 is 2.90 bits per heavy atom. The van der Waals surface area contributed by atoms with Crippen LogP contribution in [0.1, 0.15) is 12.6 Å². The van der Waals surface area contributed by atoms with Crippen LogP contribution in [0.3, 0.4) is 0 Å². The molecule has 2 N–H and O–H groups in total. The molecule has 0 aromatic carbocycles. The van der Waals surface area contributed by atoms with Crippen LogP contribution in [0.2, 0.25) is 0 Å². The van der Waals surface area contributed by atoms with E-state index >= 15 is 0 Å². The number of aryl methyl sites for hydroxylation is 1. The molecule has 1 rings (SSSR count). The predicted octanol–water partition coefficient (Wildman–Crippen LogP) is 0.364. The van der Waals surface area contributed by atoms with E-state index in [0.717, 1.165) is 5.69 Å². The van der Waals surface area contributed by atoms with Gasteiger partial charge in [0.1, 0.15) is 5.82 Å². The van der Waals surface area contributed by atoms with Crippen LogP contribution in [0.5, 0.6) is 0 Å². The van der Waals surface area contributed by atoms with Crippen molar-refractivity contribution in [3.8, 4) is 0 Å². The van der Waals surface area contributed by atoms with Gasteiger partial charge in [-0.25, -0.2) is 4.68 Å². The summed E-state index contributed by atoms with van der Waals surface area (Å²) in [4.78, 5) is 0. The van der Waals surface area contributed by atoms with Crippen molar-refractivity contribution in [2.75, 3.05) is 0 Å². The Morgan fingerprint density at radius 2 is 2.50 bits per heavy atom. The van der Waals surface area contributed by atoms with Crippen molar-refractivity contribution in [3.63, 3.8) is 0 Å². The zero-order valence-electron chi connectivity index (χ0n) is 6.07. The molecule has 54 valence electrons. The van der Waals surface area contributed by atoms with Crippen molar-refractivity contribution in [1.82, 2.24) is 15.0 Å². The first-order valence-corrected chi connectivity index (χ1v) is 3.05. The lowest BCUT2D eigenvalue weighted by Gasteiger charge is -1.94. The van der Waals surface area contributed by atoms with Crippen molar-refractivity contribution in [2.45, 2.75) is 13.8 Å². The first kappa shape index (κ1) is 6.80. The third-order valence-electron chi connectivity index (χ3n) is 1.17. The number of rotatable bonds is 1. The smallest absolute Gasteiger partial charge is 0.122 e. The summed E-state index contributed by atoms with van der Waals surface area (Å²) in [7, 11) is 0. The lowest BCUT2D eigenvalue weighted by atomic mass is 10.5. The molecule has 0 atom stereocenters. The molecule has 0 radical (unpaired) electrons. The average molecular weight is 138 g/mol. The van der Waals surface area contributed by atoms with E-state index in [2.05, 4.69) is 10.3 Å². The van der Waals surface area contributed by atoms with E-state index in [1.165, 1.54) is 4.68 Å². The minimum absolute atomic E-state index is 0.598. The first-order chi connectivity index (χ1) is 4.74. The van der Waals surface area contributed by atoms with Crippen molar-refractivity contribution < 1.29 is 0 Å². The quantitative estimate of drug-likeness (QED) is 0.609. The Bertz CT molecular complexity index is 248. The van der Waals surface area contributed by atoms with Crippen LogP contribution in [0.25, 0.3) is 5.82 Å². The van der Waals surface area contributed by atoms with Crippen LogP contribution in [-0.4, -0.2) is 15.0 Å². The zero-order valence-corrected chi connectivity index (χ0v) is 6.07. The largest absolute Gasteiger partial charge is 0.384 e. The van der Waals surface area contributed by atoms with E-state index in [1.807, 2.05) is 13.8 Å². The molecule has 0 saturated carbocycles. The summed E-state index contributed by atoms with van der Waals surface area (Å²) in [6, 6.07) is 0. The van der Waals surface area contributed by atoms with Crippen LogP contribution in [0.4, 0.5) is 0 Å². The molecule has 0 bridgehead atoms. The maximum atomic E-state index is 5.53. The molecule has 1 heterocycles. The van der Waals surface area contributed by atoms with Gasteiger partial charge in [-0.2, -0.15) is 0 Å². The lowest BCUT2D eigenvalue weighted by molar-refractivity contribution is 0.805. The molecular formula is C6H10N4. The highest BCUT2D eigenvalue weighted by Gasteiger charge is 1.94. The van der Waals surface area contributed by atoms with Crippen molar-refractivity contribution in [1.29, 1.82) is 0 Å². The predicted molar refractivity (Wildman–Crippen MR) is 38.9 cm³/mol. The fourth-order valence-corrected chi connectivity index (χ4v) is 0.606. The number of nitrogens with zero attached hydrogens (tertiary/aromatic N) is 3. The lowest BCUT2D eigenvalue weighted by Crippen LogP contribution is -2.06. The molecule has 1 aromatic heterocycles. The maximum absolute atomic E-state index is 5.53. The van der Waals surface area contributed by atoms with Crippen molar-refractivity contribution >= 4 is 5.82 Å². The molecule has 0 aliphatic heterocycles.